The molecule has 15 rings (SSSR count). The maximum Gasteiger partial charge on any atom is 0.136 e. The Morgan fingerprint density at radius 2 is 0.781 bits per heavy atom. The Labute approximate surface area is 424 Å². The van der Waals surface area contributed by atoms with E-state index in [1.807, 2.05) is 0 Å². The summed E-state index contributed by atoms with van der Waals surface area (Å²) in [6.45, 7) is 0. The molecular formula is C71H45NO. The standard InChI is InChI=1S/C71H45NO/c1-3-18-47(19-4-1)54-40-36-51(42-61(54)48-20-5-2-6-21-48)46-34-37-52(38-35-46)72(67-32-16-12-27-59(67)60-28-17-33-68-70(60)62-43-49-22-7-8-23-50(49)44-69(62)73-68)53-39-41-58-57-26-11-15-31-65(57)71(66(58)45-53)63-29-13-9-24-55(63)56-25-10-14-30-64(56)71/h1-45H. The van der Waals surface area contributed by atoms with Crippen LogP contribution in [0.5, 0.6) is 0 Å². The van der Waals surface area contributed by atoms with Crippen molar-refractivity contribution >= 4 is 49.8 Å². The van der Waals surface area contributed by atoms with E-state index in [0.717, 1.165) is 61.1 Å². The first kappa shape index (κ1) is 41.3. The fourth-order valence-electron chi connectivity index (χ4n) is 12.5. The summed E-state index contributed by atoms with van der Waals surface area (Å²) in [7, 11) is 0. The molecule has 340 valence electrons. The molecule has 2 aliphatic rings. The van der Waals surface area contributed by atoms with Crippen molar-refractivity contribution in [3.63, 3.8) is 0 Å². The van der Waals surface area contributed by atoms with Gasteiger partial charge >= 0.3 is 0 Å². The molecular weight excluding hydrogens is 883 g/mol. The summed E-state index contributed by atoms with van der Waals surface area (Å²) < 4.78 is 6.69. The summed E-state index contributed by atoms with van der Waals surface area (Å²) in [4.78, 5) is 2.48. The topological polar surface area (TPSA) is 16.4 Å². The van der Waals surface area contributed by atoms with Gasteiger partial charge in [0.25, 0.3) is 0 Å². The fourth-order valence-corrected chi connectivity index (χ4v) is 12.5. The van der Waals surface area contributed by atoms with Crippen LogP contribution in [-0.4, -0.2) is 0 Å². The number of hydrogen-bond donors (Lipinski definition) is 0. The van der Waals surface area contributed by atoms with Crippen molar-refractivity contribution in [3.05, 3.63) is 295 Å². The first-order valence-electron chi connectivity index (χ1n) is 25.2. The minimum Gasteiger partial charge on any atom is -0.456 e. The van der Waals surface area contributed by atoms with E-state index in [2.05, 4.69) is 278 Å². The Morgan fingerprint density at radius 1 is 0.274 bits per heavy atom. The largest absolute Gasteiger partial charge is 0.456 e. The third kappa shape index (κ3) is 6.24. The molecule has 0 atom stereocenters. The van der Waals surface area contributed by atoms with Gasteiger partial charge in [0, 0.05) is 27.7 Å². The minimum atomic E-state index is -0.489. The summed E-state index contributed by atoms with van der Waals surface area (Å²) in [6.07, 6.45) is 0. The Balaban J connectivity index is 0.949. The van der Waals surface area contributed by atoms with Gasteiger partial charge in [-0.1, -0.05) is 218 Å². The number of anilines is 3. The highest BCUT2D eigenvalue weighted by atomic mass is 16.3. The van der Waals surface area contributed by atoms with Gasteiger partial charge in [0.15, 0.2) is 0 Å². The molecule has 0 bridgehead atoms. The quantitative estimate of drug-likeness (QED) is 0.158. The lowest BCUT2D eigenvalue weighted by Crippen LogP contribution is -2.26. The van der Waals surface area contributed by atoms with Crippen LogP contribution >= 0.6 is 0 Å². The van der Waals surface area contributed by atoms with Crippen molar-refractivity contribution in [2.45, 2.75) is 5.41 Å². The number of para-hydroxylation sites is 1. The van der Waals surface area contributed by atoms with Crippen LogP contribution in [0, 0.1) is 0 Å². The SMILES string of the molecule is c1ccc(-c2ccc(-c3ccc(N(c4ccc5c(c4)C4(c6ccccc6-c6ccccc64)c4ccccc4-5)c4ccccc4-c4cccc5oc6cc7ccccc7cc6c45)cc3)cc2-c2ccccc2)cc1. The molecule has 12 aromatic carbocycles. The highest BCUT2D eigenvalue weighted by Gasteiger charge is 2.51. The van der Waals surface area contributed by atoms with Crippen LogP contribution < -0.4 is 4.90 Å². The second-order valence-electron chi connectivity index (χ2n) is 19.5. The molecule has 1 spiro atoms. The zero-order valence-corrected chi connectivity index (χ0v) is 39.8. The number of fused-ring (bicyclic) bond motifs is 14. The van der Waals surface area contributed by atoms with Crippen molar-refractivity contribution in [2.75, 3.05) is 4.90 Å². The number of nitrogens with zero attached hydrogens (tertiary/aromatic N) is 1. The Hall–Kier alpha value is -9.50. The molecule has 0 unspecified atom stereocenters. The predicted octanol–water partition coefficient (Wildman–Crippen LogP) is 19.2. The molecule has 0 amide bonds. The van der Waals surface area contributed by atoms with E-state index in [4.69, 9.17) is 4.42 Å². The van der Waals surface area contributed by atoms with Crippen molar-refractivity contribution < 1.29 is 4.42 Å². The highest BCUT2D eigenvalue weighted by molar-refractivity contribution is 6.16. The average Bonchev–Trinajstić information content (AvgIpc) is 4.09. The predicted molar refractivity (Wildman–Crippen MR) is 304 cm³/mol. The second kappa shape index (κ2) is 16.3. The van der Waals surface area contributed by atoms with Crippen LogP contribution in [0.1, 0.15) is 22.3 Å². The van der Waals surface area contributed by atoms with Crippen LogP contribution in [0.25, 0.3) is 99.5 Å². The summed E-state index contributed by atoms with van der Waals surface area (Å²) in [5.41, 5.74) is 24.3. The molecule has 0 N–H and O–H groups in total. The first-order valence-corrected chi connectivity index (χ1v) is 25.2. The van der Waals surface area contributed by atoms with Gasteiger partial charge in [-0.05, 0) is 149 Å². The summed E-state index contributed by atoms with van der Waals surface area (Å²) in [6, 6.07) is 100. The number of benzene rings is 12. The van der Waals surface area contributed by atoms with E-state index in [-0.39, 0.29) is 0 Å². The van der Waals surface area contributed by atoms with Crippen molar-refractivity contribution in [1.82, 2.24) is 0 Å². The Bertz CT molecular complexity index is 4250. The second-order valence-corrected chi connectivity index (χ2v) is 19.5. The van der Waals surface area contributed by atoms with Gasteiger partial charge in [-0.25, -0.2) is 0 Å². The van der Waals surface area contributed by atoms with E-state index in [1.54, 1.807) is 0 Å². The van der Waals surface area contributed by atoms with Crippen LogP contribution in [0.4, 0.5) is 17.1 Å². The molecule has 0 saturated carbocycles. The van der Waals surface area contributed by atoms with Gasteiger partial charge in [0.1, 0.15) is 11.2 Å². The van der Waals surface area contributed by atoms with Gasteiger partial charge in [-0.3, -0.25) is 0 Å². The van der Waals surface area contributed by atoms with Crippen LogP contribution in [-0.2, 0) is 5.41 Å². The zero-order valence-electron chi connectivity index (χ0n) is 39.8. The van der Waals surface area contributed by atoms with Crippen LogP contribution in [0.15, 0.2) is 277 Å². The first-order chi connectivity index (χ1) is 36.2. The normalized spacial score (nSPS) is 12.8. The summed E-state index contributed by atoms with van der Waals surface area (Å²) in [5.74, 6) is 0. The summed E-state index contributed by atoms with van der Waals surface area (Å²) in [5, 5.41) is 4.58. The van der Waals surface area contributed by atoms with E-state index in [9.17, 15) is 0 Å². The molecule has 1 aromatic heterocycles. The van der Waals surface area contributed by atoms with Crippen molar-refractivity contribution in [1.29, 1.82) is 0 Å². The van der Waals surface area contributed by atoms with Gasteiger partial charge in [-0.2, -0.15) is 0 Å². The molecule has 0 radical (unpaired) electrons. The number of hydrogen-bond acceptors (Lipinski definition) is 2. The lowest BCUT2D eigenvalue weighted by Gasteiger charge is -2.32. The third-order valence-electron chi connectivity index (χ3n) is 15.7. The number of rotatable bonds is 7. The molecule has 1 heterocycles. The maximum atomic E-state index is 6.69. The van der Waals surface area contributed by atoms with Gasteiger partial charge in [-0.15, -0.1) is 0 Å². The Morgan fingerprint density at radius 3 is 1.45 bits per heavy atom. The molecule has 0 saturated heterocycles. The molecule has 0 fully saturated rings. The fraction of sp³-hybridized carbons (Fsp3) is 0.0141. The van der Waals surface area contributed by atoms with Crippen molar-refractivity contribution in [3.8, 4) is 66.8 Å². The van der Waals surface area contributed by atoms with Gasteiger partial charge in [0.2, 0.25) is 0 Å². The smallest absolute Gasteiger partial charge is 0.136 e. The van der Waals surface area contributed by atoms with Crippen LogP contribution in [0.2, 0.25) is 0 Å². The third-order valence-corrected chi connectivity index (χ3v) is 15.7. The molecule has 0 aliphatic heterocycles. The average molecular weight is 928 g/mol. The maximum absolute atomic E-state index is 6.69. The van der Waals surface area contributed by atoms with E-state index >= 15 is 0 Å². The lowest BCUT2D eigenvalue weighted by molar-refractivity contribution is 0.669. The molecule has 2 nitrogen and oxygen atoms in total. The summed E-state index contributed by atoms with van der Waals surface area (Å²) >= 11 is 0. The van der Waals surface area contributed by atoms with Crippen LogP contribution in [0.3, 0.4) is 0 Å². The van der Waals surface area contributed by atoms with E-state index < -0.39 is 5.41 Å². The monoisotopic (exact) mass is 927 g/mol. The molecule has 2 heteroatoms. The van der Waals surface area contributed by atoms with Gasteiger partial charge < -0.3 is 9.32 Å². The minimum absolute atomic E-state index is 0.489. The van der Waals surface area contributed by atoms with Gasteiger partial charge in [0.05, 0.1) is 11.1 Å². The Kier molecular flexibility index (Phi) is 9.21. The van der Waals surface area contributed by atoms with E-state index in [1.165, 1.54) is 77.7 Å². The number of furan rings is 1. The molecule has 2 aliphatic carbocycles. The molecule has 13 aromatic rings. The molecule has 73 heavy (non-hydrogen) atoms. The van der Waals surface area contributed by atoms with E-state index in [0.29, 0.717) is 0 Å². The lowest BCUT2D eigenvalue weighted by atomic mass is 9.70. The van der Waals surface area contributed by atoms with Crippen molar-refractivity contribution in [2.24, 2.45) is 0 Å². The highest BCUT2D eigenvalue weighted by Crippen LogP contribution is 2.63. The zero-order chi connectivity index (χ0) is 48.0.